The molecule has 4 heteroatoms. The van der Waals surface area contributed by atoms with Crippen molar-refractivity contribution in [2.24, 2.45) is 0 Å². The summed E-state index contributed by atoms with van der Waals surface area (Å²) in [6.07, 6.45) is 2.70. The summed E-state index contributed by atoms with van der Waals surface area (Å²) in [5.74, 6) is -0.275. The molecule has 0 aliphatic carbocycles. The molecule has 1 atom stereocenters. The predicted molar refractivity (Wildman–Crippen MR) is 44.8 cm³/mol. The van der Waals surface area contributed by atoms with Crippen molar-refractivity contribution in [1.82, 2.24) is 5.32 Å². The van der Waals surface area contributed by atoms with Gasteiger partial charge in [-0.15, -0.1) is 0 Å². The fourth-order valence-electron chi connectivity index (χ4n) is 0.928. The Hall–Kier alpha value is -0.900. The topological polar surface area (TPSA) is 55.4 Å². The molecule has 0 saturated heterocycles. The van der Waals surface area contributed by atoms with E-state index in [1.54, 1.807) is 7.05 Å². The van der Waals surface area contributed by atoms with E-state index in [0.717, 1.165) is 6.29 Å². The first-order valence-electron chi connectivity index (χ1n) is 3.95. The smallest absolute Gasteiger partial charge is 0.322 e. The molecule has 0 radical (unpaired) electrons. The molecule has 0 fully saturated rings. The van der Waals surface area contributed by atoms with Gasteiger partial charge in [0.25, 0.3) is 0 Å². The first kappa shape index (κ1) is 11.1. The molecule has 0 aromatic carbocycles. The fourth-order valence-corrected chi connectivity index (χ4v) is 0.928. The maximum Gasteiger partial charge on any atom is 0.322 e. The van der Waals surface area contributed by atoms with Crippen molar-refractivity contribution in [3.8, 4) is 0 Å². The van der Waals surface area contributed by atoms with Crippen LogP contribution < -0.4 is 5.32 Å². The molecule has 0 aromatic rings. The summed E-state index contributed by atoms with van der Waals surface area (Å²) in [5, 5.41) is 2.82. The van der Waals surface area contributed by atoms with Crippen LogP contribution in [0, 0.1) is 0 Å². The quantitative estimate of drug-likeness (QED) is 0.352. The standard InChI is InChI=1S/C8H15NO3/c1-9-7(8(11)12-2)5-3-4-6-10/h6-7,9H,3-5H2,1-2H3. The highest BCUT2D eigenvalue weighted by molar-refractivity contribution is 5.75. The number of hydrogen-bond donors (Lipinski definition) is 1. The Morgan fingerprint density at radius 3 is 2.75 bits per heavy atom. The van der Waals surface area contributed by atoms with Gasteiger partial charge >= 0.3 is 5.97 Å². The monoisotopic (exact) mass is 173 g/mol. The zero-order valence-corrected chi connectivity index (χ0v) is 7.50. The molecule has 0 aliphatic heterocycles. The molecule has 0 bridgehead atoms. The maximum absolute atomic E-state index is 11.0. The molecule has 0 rings (SSSR count). The summed E-state index contributed by atoms with van der Waals surface area (Å²) in [5.41, 5.74) is 0. The summed E-state index contributed by atoms with van der Waals surface area (Å²) in [7, 11) is 3.05. The van der Waals surface area contributed by atoms with Crippen LogP contribution in [-0.4, -0.2) is 32.5 Å². The van der Waals surface area contributed by atoms with E-state index in [4.69, 9.17) is 0 Å². The van der Waals surface area contributed by atoms with Crippen LogP contribution in [0.4, 0.5) is 0 Å². The number of aldehydes is 1. The second-order valence-electron chi connectivity index (χ2n) is 2.46. The first-order chi connectivity index (χ1) is 5.76. The van der Waals surface area contributed by atoms with Gasteiger partial charge in [0.15, 0.2) is 0 Å². The summed E-state index contributed by atoms with van der Waals surface area (Å²) in [6.45, 7) is 0. The van der Waals surface area contributed by atoms with Gasteiger partial charge in [-0.05, 0) is 19.9 Å². The summed E-state index contributed by atoms with van der Waals surface area (Å²) >= 11 is 0. The number of methoxy groups -OCH3 is 1. The minimum Gasteiger partial charge on any atom is -0.468 e. The van der Waals surface area contributed by atoms with Crippen molar-refractivity contribution in [3.05, 3.63) is 0 Å². The van der Waals surface area contributed by atoms with Crippen molar-refractivity contribution in [1.29, 1.82) is 0 Å². The van der Waals surface area contributed by atoms with Gasteiger partial charge < -0.3 is 14.8 Å². The van der Waals surface area contributed by atoms with E-state index >= 15 is 0 Å². The zero-order valence-electron chi connectivity index (χ0n) is 7.50. The second-order valence-corrected chi connectivity index (χ2v) is 2.46. The number of carbonyl (C=O) groups excluding carboxylic acids is 2. The van der Waals surface area contributed by atoms with E-state index in [9.17, 15) is 9.59 Å². The van der Waals surface area contributed by atoms with Gasteiger partial charge in [-0.3, -0.25) is 4.79 Å². The van der Waals surface area contributed by atoms with Crippen LogP contribution in [0.25, 0.3) is 0 Å². The lowest BCUT2D eigenvalue weighted by molar-refractivity contribution is -0.143. The molecule has 12 heavy (non-hydrogen) atoms. The third-order valence-corrected chi connectivity index (χ3v) is 1.65. The van der Waals surface area contributed by atoms with Crippen molar-refractivity contribution in [2.45, 2.75) is 25.3 Å². The molecule has 1 unspecified atom stereocenters. The van der Waals surface area contributed by atoms with Crippen LogP contribution in [0.15, 0.2) is 0 Å². The van der Waals surface area contributed by atoms with Gasteiger partial charge in [0.05, 0.1) is 7.11 Å². The minimum atomic E-state index is -0.282. The number of carbonyl (C=O) groups is 2. The maximum atomic E-state index is 11.0. The fraction of sp³-hybridized carbons (Fsp3) is 0.750. The number of likely N-dealkylation sites (N-methyl/N-ethyl adjacent to an activating group) is 1. The van der Waals surface area contributed by atoms with E-state index in [1.165, 1.54) is 7.11 Å². The molecule has 0 heterocycles. The van der Waals surface area contributed by atoms with Gasteiger partial charge in [-0.25, -0.2) is 0 Å². The summed E-state index contributed by atoms with van der Waals surface area (Å²) < 4.78 is 4.54. The number of nitrogens with one attached hydrogen (secondary N) is 1. The van der Waals surface area contributed by atoms with Gasteiger partial charge in [0, 0.05) is 6.42 Å². The molecule has 0 amide bonds. The average molecular weight is 173 g/mol. The van der Waals surface area contributed by atoms with Crippen LogP contribution in [0.5, 0.6) is 0 Å². The highest BCUT2D eigenvalue weighted by atomic mass is 16.5. The highest BCUT2D eigenvalue weighted by Gasteiger charge is 2.15. The molecule has 0 saturated carbocycles. The highest BCUT2D eigenvalue weighted by Crippen LogP contribution is 2.00. The Balaban J connectivity index is 3.66. The SMILES string of the molecule is CNC(CCCC=O)C(=O)OC. The Kier molecular flexibility index (Phi) is 6.28. The molecule has 70 valence electrons. The van der Waals surface area contributed by atoms with E-state index in [2.05, 4.69) is 10.1 Å². The van der Waals surface area contributed by atoms with Crippen LogP contribution in [-0.2, 0) is 14.3 Å². The third-order valence-electron chi connectivity index (χ3n) is 1.65. The predicted octanol–water partition coefficient (Wildman–Crippen LogP) is 0.117. The Morgan fingerprint density at radius 1 is 1.67 bits per heavy atom. The minimum absolute atomic E-state index is 0.275. The Morgan fingerprint density at radius 2 is 2.33 bits per heavy atom. The third kappa shape index (κ3) is 4.08. The molecule has 0 aromatic heterocycles. The molecule has 4 nitrogen and oxygen atoms in total. The lowest BCUT2D eigenvalue weighted by Gasteiger charge is -2.11. The van der Waals surface area contributed by atoms with Crippen LogP contribution in [0.3, 0.4) is 0 Å². The lowest BCUT2D eigenvalue weighted by atomic mass is 10.1. The van der Waals surface area contributed by atoms with Crippen molar-refractivity contribution in [3.63, 3.8) is 0 Å². The van der Waals surface area contributed by atoms with Crippen molar-refractivity contribution >= 4 is 12.3 Å². The first-order valence-corrected chi connectivity index (χ1v) is 3.95. The van der Waals surface area contributed by atoms with Gasteiger partial charge in [-0.2, -0.15) is 0 Å². The molecular weight excluding hydrogens is 158 g/mol. The van der Waals surface area contributed by atoms with Crippen LogP contribution >= 0.6 is 0 Å². The molecule has 0 spiro atoms. The van der Waals surface area contributed by atoms with Crippen LogP contribution in [0.2, 0.25) is 0 Å². The number of hydrogen-bond acceptors (Lipinski definition) is 4. The Labute approximate surface area is 72.3 Å². The summed E-state index contributed by atoms with van der Waals surface area (Å²) in [4.78, 5) is 20.9. The van der Waals surface area contributed by atoms with Gasteiger partial charge in [-0.1, -0.05) is 0 Å². The second kappa shape index (κ2) is 6.79. The van der Waals surface area contributed by atoms with E-state index < -0.39 is 0 Å². The van der Waals surface area contributed by atoms with E-state index in [0.29, 0.717) is 19.3 Å². The van der Waals surface area contributed by atoms with Crippen molar-refractivity contribution < 1.29 is 14.3 Å². The number of unbranched alkanes of at least 4 members (excludes halogenated alkanes) is 1. The number of ether oxygens (including phenoxy) is 1. The average Bonchev–Trinajstić information content (AvgIpc) is 2.11. The molecular formula is C8H15NO3. The summed E-state index contributed by atoms with van der Waals surface area (Å²) in [6, 6.07) is -0.282. The van der Waals surface area contributed by atoms with E-state index in [1.807, 2.05) is 0 Å². The Bertz CT molecular complexity index is 147. The molecule has 1 N–H and O–H groups in total. The number of esters is 1. The lowest BCUT2D eigenvalue weighted by Crippen LogP contribution is -2.34. The van der Waals surface area contributed by atoms with Gasteiger partial charge in [0.1, 0.15) is 12.3 Å². The van der Waals surface area contributed by atoms with Gasteiger partial charge in [0.2, 0.25) is 0 Å². The normalized spacial score (nSPS) is 12.2. The van der Waals surface area contributed by atoms with Crippen LogP contribution in [0.1, 0.15) is 19.3 Å². The zero-order chi connectivity index (χ0) is 9.40. The largest absolute Gasteiger partial charge is 0.468 e. The van der Waals surface area contributed by atoms with E-state index in [-0.39, 0.29) is 12.0 Å². The van der Waals surface area contributed by atoms with Crippen molar-refractivity contribution in [2.75, 3.05) is 14.2 Å². The number of rotatable bonds is 6. The molecule has 0 aliphatic rings.